The molecule has 0 aliphatic heterocycles. The Bertz CT molecular complexity index is 599. The molecule has 2 aromatic heterocycles. The van der Waals surface area contributed by atoms with E-state index < -0.39 is 0 Å². The van der Waals surface area contributed by atoms with Crippen molar-refractivity contribution in [3.8, 4) is 0 Å². The number of aromatic amines is 1. The molecule has 1 amide bonds. The van der Waals surface area contributed by atoms with Gasteiger partial charge in [0.05, 0.1) is 6.04 Å². The Labute approximate surface area is 115 Å². The summed E-state index contributed by atoms with van der Waals surface area (Å²) in [6.45, 7) is 4.03. The molecule has 0 spiro atoms. The van der Waals surface area contributed by atoms with Crippen molar-refractivity contribution in [2.24, 2.45) is 0 Å². The molecule has 0 saturated heterocycles. The number of nitrogens with zero attached hydrogens (tertiary/aromatic N) is 2. The zero-order chi connectivity index (χ0) is 13.4. The maximum atomic E-state index is 12.0. The second-order valence-corrected chi connectivity index (χ2v) is 6.28. The van der Waals surface area contributed by atoms with E-state index in [-0.39, 0.29) is 17.8 Å². The number of H-pyrrole nitrogens is 1. The maximum Gasteiger partial charge on any atom is 0.291 e. The van der Waals surface area contributed by atoms with Gasteiger partial charge in [-0.15, -0.1) is 16.4 Å². The first-order valence-corrected chi connectivity index (χ1v) is 7.24. The van der Waals surface area contributed by atoms with Gasteiger partial charge in [0.15, 0.2) is 0 Å². The fourth-order valence-corrected chi connectivity index (χ4v) is 2.81. The number of nitrogens with one attached hydrogen (secondary N) is 2. The fraction of sp³-hybridized carbons (Fsp3) is 0.462. The van der Waals surface area contributed by atoms with Crippen LogP contribution in [-0.2, 0) is 0 Å². The second kappa shape index (κ2) is 4.77. The second-order valence-electron chi connectivity index (χ2n) is 4.96. The Morgan fingerprint density at radius 1 is 1.53 bits per heavy atom. The first-order valence-electron chi connectivity index (χ1n) is 6.43. The van der Waals surface area contributed by atoms with E-state index in [4.69, 9.17) is 0 Å². The third kappa shape index (κ3) is 2.68. The van der Waals surface area contributed by atoms with E-state index in [0.29, 0.717) is 5.92 Å². The van der Waals surface area contributed by atoms with Gasteiger partial charge in [0.1, 0.15) is 5.82 Å². The minimum atomic E-state index is -0.221. The summed E-state index contributed by atoms with van der Waals surface area (Å²) in [5, 5.41) is 9.76. The van der Waals surface area contributed by atoms with Gasteiger partial charge in [-0.25, -0.2) is 4.98 Å². The van der Waals surface area contributed by atoms with Crippen LogP contribution in [0.25, 0.3) is 0 Å². The summed E-state index contributed by atoms with van der Waals surface area (Å²) in [5.41, 5.74) is 0. The first kappa shape index (κ1) is 12.3. The smallest absolute Gasteiger partial charge is 0.291 e. The highest BCUT2D eigenvalue weighted by Crippen LogP contribution is 2.37. The maximum absolute atomic E-state index is 12.0. The van der Waals surface area contributed by atoms with E-state index in [1.54, 1.807) is 11.3 Å². The molecule has 2 aromatic rings. The third-order valence-electron chi connectivity index (χ3n) is 3.21. The summed E-state index contributed by atoms with van der Waals surface area (Å²) in [4.78, 5) is 18.7. The van der Waals surface area contributed by atoms with Crippen molar-refractivity contribution < 1.29 is 4.79 Å². The van der Waals surface area contributed by atoms with Crippen molar-refractivity contribution in [1.29, 1.82) is 0 Å². The number of carbonyl (C=O) groups is 1. The van der Waals surface area contributed by atoms with Crippen molar-refractivity contribution in [3.63, 3.8) is 0 Å². The Hall–Kier alpha value is -1.69. The van der Waals surface area contributed by atoms with Crippen LogP contribution < -0.4 is 5.32 Å². The van der Waals surface area contributed by atoms with Gasteiger partial charge in [-0.3, -0.25) is 9.89 Å². The zero-order valence-electron chi connectivity index (χ0n) is 10.9. The van der Waals surface area contributed by atoms with Crippen LogP contribution in [0.1, 0.15) is 57.9 Å². The molecule has 0 aromatic carbocycles. The lowest BCUT2D eigenvalue weighted by Gasteiger charge is -2.10. The summed E-state index contributed by atoms with van der Waals surface area (Å²) in [6, 6.07) is 4.08. The lowest BCUT2D eigenvalue weighted by atomic mass is 10.2. The molecular weight excluding hydrogens is 260 g/mol. The summed E-state index contributed by atoms with van der Waals surface area (Å²) in [6.07, 6.45) is 2.28. The van der Waals surface area contributed by atoms with Crippen LogP contribution in [0.2, 0.25) is 0 Å². The number of hydrogen-bond acceptors (Lipinski definition) is 4. The number of carbonyl (C=O) groups excluding carboxylic acids is 1. The molecule has 1 unspecified atom stereocenters. The minimum absolute atomic E-state index is 0.0194. The first-order chi connectivity index (χ1) is 9.13. The third-order valence-corrected chi connectivity index (χ3v) is 4.39. The van der Waals surface area contributed by atoms with E-state index >= 15 is 0 Å². The molecule has 1 fully saturated rings. The monoisotopic (exact) mass is 276 g/mol. The molecule has 2 heterocycles. The van der Waals surface area contributed by atoms with Crippen molar-refractivity contribution in [2.75, 3.05) is 0 Å². The van der Waals surface area contributed by atoms with Gasteiger partial charge in [-0.1, -0.05) is 0 Å². The summed E-state index contributed by atoms with van der Waals surface area (Å²) in [5.74, 6) is 1.33. The summed E-state index contributed by atoms with van der Waals surface area (Å²) in [7, 11) is 0. The molecule has 2 N–H and O–H groups in total. The van der Waals surface area contributed by atoms with Gasteiger partial charge in [0.25, 0.3) is 5.91 Å². The van der Waals surface area contributed by atoms with E-state index in [1.165, 1.54) is 4.88 Å². The molecule has 1 aliphatic carbocycles. The van der Waals surface area contributed by atoms with Crippen LogP contribution >= 0.6 is 11.3 Å². The molecule has 5 nitrogen and oxygen atoms in total. The summed E-state index contributed by atoms with van der Waals surface area (Å²) < 4.78 is 0. The Kier molecular flexibility index (Phi) is 3.10. The Balaban J connectivity index is 1.66. The predicted molar refractivity (Wildman–Crippen MR) is 73.3 cm³/mol. The van der Waals surface area contributed by atoms with Crippen LogP contribution in [0.5, 0.6) is 0 Å². The van der Waals surface area contributed by atoms with Gasteiger partial charge in [0, 0.05) is 15.7 Å². The summed E-state index contributed by atoms with van der Waals surface area (Å²) >= 11 is 1.69. The number of aryl methyl sites for hydroxylation is 1. The molecule has 6 heteroatoms. The largest absolute Gasteiger partial charge is 0.342 e. The average Bonchev–Trinajstić information content (AvgIpc) is 2.94. The number of amides is 1. The Morgan fingerprint density at radius 3 is 2.95 bits per heavy atom. The SMILES string of the molecule is Cc1ccc(C(C)NC(=O)c2n[nH]c(C3CC3)n2)s1. The number of thiophene rings is 1. The zero-order valence-corrected chi connectivity index (χ0v) is 11.8. The van der Waals surface area contributed by atoms with Crippen molar-refractivity contribution >= 4 is 17.2 Å². The van der Waals surface area contributed by atoms with Crippen molar-refractivity contribution in [1.82, 2.24) is 20.5 Å². The fourth-order valence-electron chi connectivity index (χ4n) is 1.93. The van der Waals surface area contributed by atoms with Crippen LogP contribution in [0.4, 0.5) is 0 Å². The van der Waals surface area contributed by atoms with Crippen LogP contribution in [0.15, 0.2) is 12.1 Å². The van der Waals surface area contributed by atoms with Crippen molar-refractivity contribution in [2.45, 2.75) is 38.6 Å². The minimum Gasteiger partial charge on any atom is -0.342 e. The van der Waals surface area contributed by atoms with E-state index in [0.717, 1.165) is 23.5 Å². The normalized spacial score (nSPS) is 16.3. The van der Waals surface area contributed by atoms with E-state index in [2.05, 4.69) is 33.5 Å². The molecular formula is C13H16N4OS. The quantitative estimate of drug-likeness (QED) is 0.901. The van der Waals surface area contributed by atoms with Gasteiger partial charge in [0.2, 0.25) is 5.82 Å². The number of aromatic nitrogens is 3. The lowest BCUT2D eigenvalue weighted by molar-refractivity contribution is 0.0930. The van der Waals surface area contributed by atoms with Crippen LogP contribution in [0.3, 0.4) is 0 Å². The van der Waals surface area contributed by atoms with Gasteiger partial charge >= 0.3 is 0 Å². The van der Waals surface area contributed by atoms with Crippen LogP contribution in [-0.4, -0.2) is 21.1 Å². The predicted octanol–water partition coefficient (Wildman–Crippen LogP) is 2.54. The average molecular weight is 276 g/mol. The highest BCUT2D eigenvalue weighted by Gasteiger charge is 2.28. The topological polar surface area (TPSA) is 70.7 Å². The molecule has 0 radical (unpaired) electrons. The van der Waals surface area contributed by atoms with Gasteiger partial charge < -0.3 is 5.32 Å². The highest BCUT2D eigenvalue weighted by atomic mass is 32.1. The molecule has 19 heavy (non-hydrogen) atoms. The van der Waals surface area contributed by atoms with Gasteiger partial charge in [-0.2, -0.15) is 0 Å². The number of rotatable bonds is 4. The molecule has 1 aliphatic rings. The van der Waals surface area contributed by atoms with Gasteiger partial charge in [-0.05, 0) is 38.8 Å². The molecule has 1 atom stereocenters. The van der Waals surface area contributed by atoms with E-state index in [1.807, 2.05) is 13.0 Å². The highest BCUT2D eigenvalue weighted by molar-refractivity contribution is 7.12. The Morgan fingerprint density at radius 2 is 2.32 bits per heavy atom. The van der Waals surface area contributed by atoms with Crippen LogP contribution in [0, 0.1) is 6.92 Å². The van der Waals surface area contributed by atoms with E-state index in [9.17, 15) is 4.79 Å². The number of hydrogen-bond donors (Lipinski definition) is 2. The molecule has 1 saturated carbocycles. The molecule has 0 bridgehead atoms. The standard InChI is InChI=1S/C13H16N4OS/c1-7-3-6-10(19-7)8(2)14-13(18)12-15-11(16-17-12)9-4-5-9/h3,6,8-9H,4-5H2,1-2H3,(H,14,18)(H,15,16,17). The molecule has 3 rings (SSSR count). The lowest BCUT2D eigenvalue weighted by Crippen LogP contribution is -2.27. The van der Waals surface area contributed by atoms with Crippen molar-refractivity contribution in [3.05, 3.63) is 33.5 Å². The molecule has 100 valence electrons.